The summed E-state index contributed by atoms with van der Waals surface area (Å²) in [6, 6.07) is 4.05. The van der Waals surface area contributed by atoms with Gasteiger partial charge in [0.1, 0.15) is 0 Å². The zero-order valence-electron chi connectivity index (χ0n) is 12.4. The number of rotatable bonds is 5. The lowest BCUT2D eigenvalue weighted by Crippen LogP contribution is -2.25. The van der Waals surface area contributed by atoms with E-state index < -0.39 is 4.92 Å². The highest BCUT2D eigenvalue weighted by molar-refractivity contribution is 8.01. The van der Waals surface area contributed by atoms with E-state index in [2.05, 4.69) is 5.32 Å². The molecule has 2 rings (SSSR count). The van der Waals surface area contributed by atoms with Gasteiger partial charge < -0.3 is 5.32 Å². The van der Waals surface area contributed by atoms with E-state index in [-0.39, 0.29) is 21.9 Å². The quantitative estimate of drug-likeness (QED) is 0.625. The molecule has 0 heterocycles. The molecule has 1 aliphatic rings. The van der Waals surface area contributed by atoms with E-state index in [4.69, 9.17) is 11.6 Å². The number of nitro benzene ring substituents is 1. The van der Waals surface area contributed by atoms with Gasteiger partial charge >= 0.3 is 0 Å². The van der Waals surface area contributed by atoms with Gasteiger partial charge in [-0.25, -0.2) is 0 Å². The Bertz CT molecular complexity index is 562. The topological polar surface area (TPSA) is 72.2 Å². The average molecular weight is 343 g/mol. The first-order valence-corrected chi connectivity index (χ1v) is 8.69. The van der Waals surface area contributed by atoms with Crippen LogP contribution in [0.4, 0.5) is 11.4 Å². The van der Waals surface area contributed by atoms with Crippen LogP contribution in [0, 0.1) is 10.1 Å². The second-order valence-electron chi connectivity index (χ2n) is 5.45. The molecular formula is C15H19ClN2O3S. The summed E-state index contributed by atoms with van der Waals surface area (Å²) in [6.07, 6.45) is 6.09. The number of carbonyl (C=O) groups is 1. The summed E-state index contributed by atoms with van der Waals surface area (Å²) in [6.45, 7) is 1.88. The first kappa shape index (κ1) is 17.1. The van der Waals surface area contributed by atoms with Crippen molar-refractivity contribution in [1.29, 1.82) is 0 Å². The summed E-state index contributed by atoms with van der Waals surface area (Å²) in [4.78, 5) is 22.4. The monoisotopic (exact) mass is 342 g/mol. The number of benzene rings is 1. The number of amides is 1. The van der Waals surface area contributed by atoms with Gasteiger partial charge in [-0.1, -0.05) is 30.9 Å². The Morgan fingerprint density at radius 1 is 1.41 bits per heavy atom. The molecule has 22 heavy (non-hydrogen) atoms. The SMILES string of the molecule is CC(SC1CCCCC1)C(=O)Nc1ccc([N+](=O)[O-])cc1Cl. The van der Waals surface area contributed by atoms with Crippen molar-refractivity contribution >= 4 is 40.6 Å². The van der Waals surface area contributed by atoms with Gasteiger partial charge in [-0.2, -0.15) is 0 Å². The van der Waals surface area contributed by atoms with Crippen LogP contribution in [0.2, 0.25) is 5.02 Å². The van der Waals surface area contributed by atoms with Crippen molar-refractivity contribution in [1.82, 2.24) is 0 Å². The number of anilines is 1. The van der Waals surface area contributed by atoms with Gasteiger partial charge in [0.15, 0.2) is 0 Å². The average Bonchev–Trinajstić information content (AvgIpc) is 2.50. The van der Waals surface area contributed by atoms with Crippen molar-refractivity contribution in [3.05, 3.63) is 33.3 Å². The van der Waals surface area contributed by atoms with Crippen molar-refractivity contribution in [3.63, 3.8) is 0 Å². The minimum Gasteiger partial charge on any atom is -0.324 e. The first-order valence-electron chi connectivity index (χ1n) is 7.37. The highest BCUT2D eigenvalue weighted by Gasteiger charge is 2.22. The fourth-order valence-corrected chi connectivity index (χ4v) is 4.09. The Labute approximate surface area is 139 Å². The van der Waals surface area contributed by atoms with E-state index in [1.54, 1.807) is 11.8 Å². The van der Waals surface area contributed by atoms with Crippen LogP contribution in [0.5, 0.6) is 0 Å². The molecule has 1 N–H and O–H groups in total. The maximum absolute atomic E-state index is 12.2. The molecule has 0 bridgehead atoms. The number of thioether (sulfide) groups is 1. The number of nitro groups is 1. The molecule has 0 aliphatic heterocycles. The lowest BCUT2D eigenvalue weighted by Gasteiger charge is -2.24. The summed E-state index contributed by atoms with van der Waals surface area (Å²) in [7, 11) is 0. The Morgan fingerprint density at radius 2 is 2.09 bits per heavy atom. The van der Waals surface area contributed by atoms with E-state index in [0.717, 1.165) is 0 Å². The predicted octanol–water partition coefficient (Wildman–Crippen LogP) is 4.64. The lowest BCUT2D eigenvalue weighted by atomic mass is 10.0. The Morgan fingerprint density at radius 3 is 2.68 bits per heavy atom. The maximum atomic E-state index is 12.2. The van der Waals surface area contributed by atoms with Gasteiger partial charge in [0, 0.05) is 17.4 Å². The zero-order valence-corrected chi connectivity index (χ0v) is 14.0. The smallest absolute Gasteiger partial charge is 0.271 e. The van der Waals surface area contributed by atoms with Gasteiger partial charge in [-0.15, -0.1) is 11.8 Å². The molecule has 1 atom stereocenters. The van der Waals surface area contributed by atoms with Crippen molar-refractivity contribution in [2.45, 2.75) is 49.5 Å². The van der Waals surface area contributed by atoms with Crippen molar-refractivity contribution < 1.29 is 9.72 Å². The largest absolute Gasteiger partial charge is 0.324 e. The maximum Gasteiger partial charge on any atom is 0.271 e. The first-order chi connectivity index (χ1) is 10.5. The summed E-state index contributed by atoms with van der Waals surface area (Å²) in [5, 5.41) is 14.0. The minimum atomic E-state index is -0.515. The van der Waals surface area contributed by atoms with Gasteiger partial charge in [-0.3, -0.25) is 14.9 Å². The van der Waals surface area contributed by atoms with Crippen LogP contribution < -0.4 is 5.32 Å². The molecule has 0 spiro atoms. The standard InChI is InChI=1S/C15H19ClN2O3S/c1-10(22-12-5-3-2-4-6-12)15(19)17-14-8-7-11(18(20)21)9-13(14)16/h7-10,12H,2-6H2,1H3,(H,17,19). The number of carbonyl (C=O) groups excluding carboxylic acids is 1. The van der Waals surface area contributed by atoms with Gasteiger partial charge in [0.25, 0.3) is 5.69 Å². The molecule has 1 aliphatic carbocycles. The van der Waals surface area contributed by atoms with Crippen LogP contribution in [0.25, 0.3) is 0 Å². The molecule has 1 aromatic rings. The van der Waals surface area contributed by atoms with Gasteiger partial charge in [-0.05, 0) is 25.8 Å². The molecule has 0 aromatic heterocycles. The lowest BCUT2D eigenvalue weighted by molar-refractivity contribution is -0.384. The summed E-state index contributed by atoms with van der Waals surface area (Å²) < 4.78 is 0. The molecule has 5 nitrogen and oxygen atoms in total. The van der Waals surface area contributed by atoms with Crippen molar-refractivity contribution in [2.24, 2.45) is 0 Å². The van der Waals surface area contributed by atoms with Crippen molar-refractivity contribution in [2.75, 3.05) is 5.32 Å². The van der Waals surface area contributed by atoms with Crippen LogP contribution in [-0.2, 0) is 4.79 Å². The van der Waals surface area contributed by atoms with E-state index in [1.807, 2.05) is 6.92 Å². The minimum absolute atomic E-state index is 0.0902. The molecule has 1 amide bonds. The highest BCUT2D eigenvalue weighted by Crippen LogP contribution is 2.32. The normalized spacial score (nSPS) is 17.0. The third-order valence-electron chi connectivity index (χ3n) is 3.74. The molecule has 1 unspecified atom stereocenters. The third kappa shape index (κ3) is 4.61. The molecule has 1 fully saturated rings. The number of hydrogen-bond acceptors (Lipinski definition) is 4. The van der Waals surface area contributed by atoms with E-state index in [0.29, 0.717) is 10.9 Å². The molecule has 0 saturated heterocycles. The highest BCUT2D eigenvalue weighted by atomic mass is 35.5. The number of nitrogens with zero attached hydrogens (tertiary/aromatic N) is 1. The Balaban J connectivity index is 1.94. The zero-order chi connectivity index (χ0) is 16.1. The Hall–Kier alpha value is -1.27. The van der Waals surface area contributed by atoms with Crippen LogP contribution in [-0.4, -0.2) is 21.3 Å². The number of halogens is 1. The van der Waals surface area contributed by atoms with Crippen LogP contribution in [0.3, 0.4) is 0 Å². The van der Waals surface area contributed by atoms with Gasteiger partial charge in [0.05, 0.1) is 20.9 Å². The van der Waals surface area contributed by atoms with Crippen molar-refractivity contribution in [3.8, 4) is 0 Å². The fourth-order valence-electron chi connectivity index (χ4n) is 2.51. The number of non-ortho nitro benzene ring substituents is 1. The van der Waals surface area contributed by atoms with Crippen LogP contribution in [0.15, 0.2) is 18.2 Å². The number of hydrogen-bond donors (Lipinski definition) is 1. The number of nitrogens with one attached hydrogen (secondary N) is 1. The third-order valence-corrected chi connectivity index (χ3v) is 5.53. The molecule has 0 radical (unpaired) electrons. The van der Waals surface area contributed by atoms with Gasteiger partial charge in [0.2, 0.25) is 5.91 Å². The van der Waals surface area contributed by atoms with Crippen LogP contribution in [0.1, 0.15) is 39.0 Å². The molecule has 1 aromatic carbocycles. The van der Waals surface area contributed by atoms with Crippen LogP contribution >= 0.6 is 23.4 Å². The summed E-state index contributed by atoms with van der Waals surface area (Å²) in [5.41, 5.74) is 0.320. The molecule has 7 heteroatoms. The summed E-state index contributed by atoms with van der Waals surface area (Å²) >= 11 is 7.69. The van der Waals surface area contributed by atoms with E-state index >= 15 is 0 Å². The molecule has 1 saturated carbocycles. The molecular weight excluding hydrogens is 324 g/mol. The fraction of sp³-hybridized carbons (Fsp3) is 0.533. The van der Waals surface area contributed by atoms with E-state index in [9.17, 15) is 14.9 Å². The molecule has 120 valence electrons. The Kier molecular flexibility index (Phi) is 6.08. The summed E-state index contributed by atoms with van der Waals surface area (Å²) in [5.74, 6) is -0.119. The van der Waals surface area contributed by atoms with E-state index in [1.165, 1.54) is 50.3 Å². The second kappa shape index (κ2) is 7.83. The predicted molar refractivity (Wildman–Crippen MR) is 90.7 cm³/mol. The second-order valence-corrected chi connectivity index (χ2v) is 7.50.